The zero-order valence-corrected chi connectivity index (χ0v) is 10.2. The summed E-state index contributed by atoms with van der Waals surface area (Å²) in [7, 11) is 3.18. The molecule has 14 heavy (non-hydrogen) atoms. The third-order valence-electron chi connectivity index (χ3n) is 1.82. The van der Waals surface area contributed by atoms with Gasteiger partial charge in [0.25, 0.3) is 0 Å². The van der Waals surface area contributed by atoms with Gasteiger partial charge in [0.2, 0.25) is 0 Å². The first-order valence-corrected chi connectivity index (χ1v) is 5.08. The lowest BCUT2D eigenvalue weighted by atomic mass is 10.1. The number of hydrogen-bond donors (Lipinski definition) is 0. The first kappa shape index (κ1) is 11.1. The van der Waals surface area contributed by atoms with E-state index in [4.69, 9.17) is 14.7 Å². The van der Waals surface area contributed by atoms with E-state index in [1.165, 1.54) is 0 Å². The molecule has 1 aromatic carbocycles. The summed E-state index contributed by atoms with van der Waals surface area (Å²) in [4.78, 5) is 0. The van der Waals surface area contributed by atoms with Crippen LogP contribution in [0.2, 0.25) is 0 Å². The number of halogens is 1. The van der Waals surface area contributed by atoms with Gasteiger partial charge in [-0.1, -0.05) is 0 Å². The normalized spacial score (nSPS) is 9.29. The maximum absolute atomic E-state index is 8.61. The Bertz CT molecular complexity index is 371. The second-order valence-electron chi connectivity index (χ2n) is 2.63. The molecule has 3 nitrogen and oxygen atoms in total. The minimum absolute atomic E-state index is 0.388. The van der Waals surface area contributed by atoms with E-state index in [0.717, 1.165) is 9.13 Å². The third kappa shape index (κ3) is 2.29. The van der Waals surface area contributed by atoms with Crippen molar-refractivity contribution in [2.24, 2.45) is 0 Å². The number of nitrogens with zero attached hydrogens (tertiary/aromatic N) is 1. The standard InChI is InChI=1S/C10H10INO2/c1-13-9-5-7(3-4-12)8(11)6-10(9)14-2/h5-6H,3H2,1-2H3. The minimum atomic E-state index is 0.388. The van der Waals surface area contributed by atoms with Crippen LogP contribution in [0, 0.1) is 14.9 Å². The van der Waals surface area contributed by atoms with E-state index in [1.54, 1.807) is 14.2 Å². The molecule has 1 aromatic rings. The number of hydrogen-bond acceptors (Lipinski definition) is 3. The lowest BCUT2D eigenvalue weighted by Crippen LogP contribution is -1.95. The van der Waals surface area contributed by atoms with Crippen molar-refractivity contribution >= 4 is 22.6 Å². The highest BCUT2D eigenvalue weighted by molar-refractivity contribution is 14.1. The van der Waals surface area contributed by atoms with Gasteiger partial charge in [-0.05, 0) is 40.3 Å². The highest BCUT2D eigenvalue weighted by atomic mass is 127. The van der Waals surface area contributed by atoms with Gasteiger partial charge in [-0.3, -0.25) is 0 Å². The van der Waals surface area contributed by atoms with Crippen molar-refractivity contribution in [3.05, 3.63) is 21.3 Å². The van der Waals surface area contributed by atoms with E-state index < -0.39 is 0 Å². The van der Waals surface area contributed by atoms with Gasteiger partial charge in [-0.2, -0.15) is 5.26 Å². The number of rotatable bonds is 3. The van der Waals surface area contributed by atoms with Gasteiger partial charge in [-0.15, -0.1) is 0 Å². The summed E-state index contributed by atoms with van der Waals surface area (Å²) in [6, 6.07) is 5.82. The van der Waals surface area contributed by atoms with Crippen LogP contribution in [0.25, 0.3) is 0 Å². The molecule has 0 fully saturated rings. The van der Waals surface area contributed by atoms with Crippen LogP contribution >= 0.6 is 22.6 Å². The monoisotopic (exact) mass is 303 g/mol. The molecule has 0 saturated heterocycles. The van der Waals surface area contributed by atoms with Gasteiger partial charge in [0.05, 0.1) is 26.7 Å². The smallest absolute Gasteiger partial charge is 0.161 e. The molecule has 4 heteroatoms. The Morgan fingerprint density at radius 3 is 2.36 bits per heavy atom. The Morgan fingerprint density at radius 2 is 1.86 bits per heavy atom. The molecular weight excluding hydrogens is 293 g/mol. The molecular formula is C10H10INO2. The summed E-state index contributed by atoms with van der Waals surface area (Å²) >= 11 is 2.18. The average molecular weight is 303 g/mol. The Balaban J connectivity index is 3.17. The summed E-state index contributed by atoms with van der Waals surface area (Å²) in [5.74, 6) is 1.36. The number of methoxy groups -OCH3 is 2. The molecule has 0 atom stereocenters. The minimum Gasteiger partial charge on any atom is -0.493 e. The lowest BCUT2D eigenvalue weighted by Gasteiger charge is -2.09. The first-order chi connectivity index (χ1) is 6.72. The second kappa shape index (κ2) is 5.05. The average Bonchev–Trinajstić information content (AvgIpc) is 2.20. The second-order valence-corrected chi connectivity index (χ2v) is 3.80. The Hall–Kier alpha value is -0.960. The predicted octanol–water partition coefficient (Wildman–Crippen LogP) is 2.37. The van der Waals surface area contributed by atoms with Crippen molar-refractivity contribution in [3.8, 4) is 17.6 Å². The number of benzene rings is 1. The molecule has 0 amide bonds. The van der Waals surface area contributed by atoms with E-state index in [2.05, 4.69) is 28.7 Å². The summed E-state index contributed by atoms with van der Waals surface area (Å²) < 4.78 is 11.3. The van der Waals surface area contributed by atoms with Crippen molar-refractivity contribution in [1.29, 1.82) is 5.26 Å². The van der Waals surface area contributed by atoms with Gasteiger partial charge in [0.15, 0.2) is 11.5 Å². The van der Waals surface area contributed by atoms with Gasteiger partial charge >= 0.3 is 0 Å². The van der Waals surface area contributed by atoms with Crippen LogP contribution < -0.4 is 9.47 Å². The van der Waals surface area contributed by atoms with Crippen molar-refractivity contribution in [2.75, 3.05) is 14.2 Å². The van der Waals surface area contributed by atoms with Crippen molar-refractivity contribution in [3.63, 3.8) is 0 Å². The topological polar surface area (TPSA) is 42.2 Å². The van der Waals surface area contributed by atoms with Crippen LogP contribution in [0.3, 0.4) is 0 Å². The Kier molecular flexibility index (Phi) is 4.01. The molecule has 0 aliphatic rings. The Labute approximate surface area is 96.8 Å². The molecule has 0 heterocycles. The van der Waals surface area contributed by atoms with Crippen LogP contribution in [0.5, 0.6) is 11.5 Å². The van der Waals surface area contributed by atoms with Gasteiger partial charge < -0.3 is 9.47 Å². The summed E-state index contributed by atoms with van der Waals surface area (Å²) in [6.45, 7) is 0. The van der Waals surface area contributed by atoms with E-state index in [1.807, 2.05) is 12.1 Å². The summed E-state index contributed by atoms with van der Waals surface area (Å²) in [5.41, 5.74) is 0.964. The SMILES string of the molecule is COc1cc(I)c(CC#N)cc1OC. The lowest BCUT2D eigenvalue weighted by molar-refractivity contribution is 0.354. The van der Waals surface area contributed by atoms with Crippen molar-refractivity contribution < 1.29 is 9.47 Å². The summed E-state index contributed by atoms with van der Waals surface area (Å²) in [5, 5.41) is 8.61. The van der Waals surface area contributed by atoms with Crippen molar-refractivity contribution in [1.82, 2.24) is 0 Å². The fourth-order valence-electron chi connectivity index (χ4n) is 1.12. The fourth-order valence-corrected chi connectivity index (χ4v) is 1.75. The maximum Gasteiger partial charge on any atom is 0.161 e. The van der Waals surface area contributed by atoms with Crippen LogP contribution in [0.4, 0.5) is 0 Å². The summed E-state index contributed by atoms with van der Waals surface area (Å²) in [6.07, 6.45) is 0.388. The predicted molar refractivity (Wildman–Crippen MR) is 61.6 cm³/mol. The largest absolute Gasteiger partial charge is 0.493 e. The molecule has 74 valence electrons. The number of nitriles is 1. The molecule has 0 aromatic heterocycles. The van der Waals surface area contributed by atoms with Gasteiger partial charge in [-0.25, -0.2) is 0 Å². The fraction of sp³-hybridized carbons (Fsp3) is 0.300. The third-order valence-corrected chi connectivity index (χ3v) is 2.83. The molecule has 0 N–H and O–H groups in total. The van der Waals surface area contributed by atoms with Crippen LogP contribution in [-0.4, -0.2) is 14.2 Å². The zero-order chi connectivity index (χ0) is 10.6. The molecule has 0 aliphatic carbocycles. The highest BCUT2D eigenvalue weighted by Gasteiger charge is 2.08. The van der Waals surface area contributed by atoms with Crippen LogP contribution in [-0.2, 0) is 6.42 Å². The molecule has 0 spiro atoms. The van der Waals surface area contributed by atoms with E-state index in [9.17, 15) is 0 Å². The zero-order valence-electron chi connectivity index (χ0n) is 8.00. The first-order valence-electron chi connectivity index (χ1n) is 4.00. The molecule has 0 aliphatic heterocycles. The molecule has 0 unspecified atom stereocenters. The van der Waals surface area contributed by atoms with Crippen LogP contribution in [0.1, 0.15) is 5.56 Å². The van der Waals surface area contributed by atoms with Gasteiger partial charge in [0, 0.05) is 3.57 Å². The Morgan fingerprint density at radius 1 is 1.29 bits per heavy atom. The molecule has 0 radical (unpaired) electrons. The number of ether oxygens (including phenoxy) is 2. The van der Waals surface area contributed by atoms with Gasteiger partial charge in [0.1, 0.15) is 0 Å². The molecule has 0 bridgehead atoms. The quantitative estimate of drug-likeness (QED) is 0.805. The molecule has 1 rings (SSSR count). The van der Waals surface area contributed by atoms with E-state index in [0.29, 0.717) is 17.9 Å². The highest BCUT2D eigenvalue weighted by Crippen LogP contribution is 2.31. The maximum atomic E-state index is 8.61. The van der Waals surface area contributed by atoms with E-state index in [-0.39, 0.29) is 0 Å². The molecule has 0 saturated carbocycles. The van der Waals surface area contributed by atoms with Crippen molar-refractivity contribution in [2.45, 2.75) is 6.42 Å². The van der Waals surface area contributed by atoms with Crippen LogP contribution in [0.15, 0.2) is 12.1 Å². The van der Waals surface area contributed by atoms with E-state index >= 15 is 0 Å².